The summed E-state index contributed by atoms with van der Waals surface area (Å²) in [5.41, 5.74) is 0.740. The number of ether oxygens (including phenoxy) is 1. The summed E-state index contributed by atoms with van der Waals surface area (Å²) in [6.07, 6.45) is -0.768. The van der Waals surface area contributed by atoms with Crippen LogP contribution in [-0.2, 0) is 24.1 Å². The van der Waals surface area contributed by atoms with Gasteiger partial charge in [0.15, 0.2) is 6.61 Å². The lowest BCUT2D eigenvalue weighted by atomic mass is 10.1. The molecule has 0 fully saturated rings. The fourth-order valence-electron chi connectivity index (χ4n) is 3.38. The summed E-state index contributed by atoms with van der Waals surface area (Å²) >= 11 is 0. The number of aromatic nitrogens is 1. The molecule has 0 unspecified atom stereocenters. The van der Waals surface area contributed by atoms with Crippen molar-refractivity contribution in [2.24, 2.45) is 0 Å². The summed E-state index contributed by atoms with van der Waals surface area (Å²) < 4.78 is 46.6. The number of benzene rings is 2. The van der Waals surface area contributed by atoms with Gasteiger partial charge in [-0.25, -0.2) is 0 Å². The van der Waals surface area contributed by atoms with E-state index in [1.807, 2.05) is 41.1 Å². The molecular formula is C25H27F3N2O2. The minimum Gasteiger partial charge on any atom is -0.484 e. The predicted octanol–water partition coefficient (Wildman–Crippen LogP) is 5.76. The third-order valence-corrected chi connectivity index (χ3v) is 5.12. The van der Waals surface area contributed by atoms with Gasteiger partial charge in [0.05, 0.1) is 12.1 Å². The molecule has 4 nitrogen and oxygen atoms in total. The smallest absolute Gasteiger partial charge is 0.416 e. The number of amides is 1. The van der Waals surface area contributed by atoms with E-state index in [9.17, 15) is 18.0 Å². The molecule has 1 aromatic heterocycles. The maximum Gasteiger partial charge on any atom is 0.416 e. The molecule has 0 aliphatic carbocycles. The van der Waals surface area contributed by atoms with E-state index in [0.29, 0.717) is 30.9 Å². The first-order valence-corrected chi connectivity index (χ1v) is 10.6. The van der Waals surface area contributed by atoms with Crippen LogP contribution in [0.1, 0.15) is 36.6 Å². The van der Waals surface area contributed by atoms with Crippen molar-refractivity contribution in [3.8, 4) is 5.75 Å². The number of para-hydroxylation sites is 1. The first kappa shape index (κ1) is 23.4. The summed E-state index contributed by atoms with van der Waals surface area (Å²) in [7, 11) is 0. The van der Waals surface area contributed by atoms with Gasteiger partial charge in [-0.1, -0.05) is 43.7 Å². The third-order valence-electron chi connectivity index (χ3n) is 5.12. The van der Waals surface area contributed by atoms with Crippen LogP contribution in [0.3, 0.4) is 0 Å². The Labute approximate surface area is 186 Å². The van der Waals surface area contributed by atoms with Crippen LogP contribution < -0.4 is 4.74 Å². The molecule has 3 aromatic rings. The van der Waals surface area contributed by atoms with Crippen LogP contribution in [0.2, 0.25) is 0 Å². The molecule has 0 radical (unpaired) electrons. The molecule has 32 heavy (non-hydrogen) atoms. The molecule has 0 atom stereocenters. The van der Waals surface area contributed by atoms with Gasteiger partial charge in [-0.05, 0) is 48.4 Å². The van der Waals surface area contributed by atoms with Gasteiger partial charge < -0.3 is 14.2 Å². The van der Waals surface area contributed by atoms with Crippen LogP contribution in [0.5, 0.6) is 5.75 Å². The van der Waals surface area contributed by atoms with Crippen molar-refractivity contribution >= 4 is 5.91 Å². The van der Waals surface area contributed by atoms with Crippen LogP contribution >= 0.6 is 0 Å². The lowest BCUT2D eigenvalue weighted by Gasteiger charge is -2.24. The highest BCUT2D eigenvalue weighted by atomic mass is 19.4. The maximum atomic E-state index is 13.0. The van der Waals surface area contributed by atoms with E-state index >= 15 is 0 Å². The molecular weight excluding hydrogens is 417 g/mol. The minimum atomic E-state index is -4.38. The quantitative estimate of drug-likeness (QED) is 0.398. The Morgan fingerprint density at radius 2 is 1.81 bits per heavy atom. The van der Waals surface area contributed by atoms with Crippen molar-refractivity contribution in [3.63, 3.8) is 0 Å². The van der Waals surface area contributed by atoms with Gasteiger partial charge >= 0.3 is 6.18 Å². The number of unbranched alkanes of at least 4 members (excludes halogenated alkanes) is 1. The zero-order chi connectivity index (χ0) is 23.0. The second-order valence-electron chi connectivity index (χ2n) is 7.60. The third kappa shape index (κ3) is 6.64. The standard InChI is InChI=1S/C25H27F3N2O2/c1-2-3-14-30(24(31)19-32-23-12-5-4-6-13-23)18-22-11-8-15-29(22)17-20-9-7-10-21(16-20)25(26,27)28/h4-13,15-16H,2-3,14,17-19H2,1H3. The van der Waals surface area contributed by atoms with E-state index in [1.54, 1.807) is 23.1 Å². The van der Waals surface area contributed by atoms with Crippen LogP contribution in [0.25, 0.3) is 0 Å². The number of nitrogens with zero attached hydrogens (tertiary/aromatic N) is 2. The van der Waals surface area contributed by atoms with E-state index < -0.39 is 11.7 Å². The number of halogens is 3. The molecule has 0 aliphatic rings. The highest BCUT2D eigenvalue weighted by Gasteiger charge is 2.30. The van der Waals surface area contributed by atoms with E-state index in [-0.39, 0.29) is 12.5 Å². The molecule has 7 heteroatoms. The van der Waals surface area contributed by atoms with E-state index in [1.165, 1.54) is 6.07 Å². The average Bonchev–Trinajstić information content (AvgIpc) is 3.21. The number of rotatable bonds is 10. The number of carbonyl (C=O) groups excluding carboxylic acids is 1. The Morgan fingerprint density at radius 3 is 2.53 bits per heavy atom. The number of carbonyl (C=O) groups is 1. The highest BCUT2D eigenvalue weighted by molar-refractivity contribution is 5.77. The van der Waals surface area contributed by atoms with Gasteiger partial charge in [0.2, 0.25) is 0 Å². The molecule has 0 saturated heterocycles. The Kier molecular flexibility index (Phi) is 7.98. The van der Waals surface area contributed by atoms with Crippen LogP contribution in [0.4, 0.5) is 13.2 Å². The molecule has 170 valence electrons. The average molecular weight is 444 g/mol. The first-order chi connectivity index (χ1) is 15.4. The summed E-state index contributed by atoms with van der Waals surface area (Å²) in [5, 5.41) is 0. The minimum absolute atomic E-state index is 0.0674. The molecule has 1 amide bonds. The number of hydrogen-bond acceptors (Lipinski definition) is 2. The Hall–Kier alpha value is -3.22. The molecule has 0 saturated carbocycles. The van der Waals surface area contributed by atoms with Crippen LogP contribution in [-0.4, -0.2) is 28.5 Å². The van der Waals surface area contributed by atoms with E-state index in [0.717, 1.165) is 30.7 Å². The molecule has 0 aliphatic heterocycles. The summed E-state index contributed by atoms with van der Waals surface area (Å²) in [6, 6.07) is 18.2. The lowest BCUT2D eigenvalue weighted by molar-refractivity contribution is -0.137. The van der Waals surface area contributed by atoms with Crippen molar-refractivity contribution in [3.05, 3.63) is 89.7 Å². The fourth-order valence-corrected chi connectivity index (χ4v) is 3.38. The highest BCUT2D eigenvalue weighted by Crippen LogP contribution is 2.29. The van der Waals surface area contributed by atoms with Crippen molar-refractivity contribution in [2.75, 3.05) is 13.2 Å². The zero-order valence-corrected chi connectivity index (χ0v) is 18.0. The summed E-state index contributed by atoms with van der Waals surface area (Å²) in [5.74, 6) is 0.498. The fraction of sp³-hybridized carbons (Fsp3) is 0.320. The van der Waals surface area contributed by atoms with Gasteiger partial charge in [-0.2, -0.15) is 13.2 Å². The monoisotopic (exact) mass is 444 g/mol. The van der Waals surface area contributed by atoms with Gasteiger partial charge in [-0.15, -0.1) is 0 Å². The predicted molar refractivity (Wildman–Crippen MR) is 117 cm³/mol. The molecule has 3 rings (SSSR count). The largest absolute Gasteiger partial charge is 0.484 e. The van der Waals surface area contributed by atoms with Crippen molar-refractivity contribution < 1.29 is 22.7 Å². The second kappa shape index (κ2) is 10.9. The molecule has 1 heterocycles. The zero-order valence-electron chi connectivity index (χ0n) is 18.0. The molecule has 0 spiro atoms. The normalized spacial score (nSPS) is 11.4. The first-order valence-electron chi connectivity index (χ1n) is 10.6. The Balaban J connectivity index is 1.70. The Morgan fingerprint density at radius 1 is 1.03 bits per heavy atom. The van der Waals surface area contributed by atoms with Gasteiger partial charge in [0, 0.05) is 25.0 Å². The van der Waals surface area contributed by atoms with E-state index in [2.05, 4.69) is 6.92 Å². The lowest BCUT2D eigenvalue weighted by Crippen LogP contribution is -2.36. The SMILES string of the molecule is CCCCN(Cc1cccn1Cc1cccc(C(F)(F)F)c1)C(=O)COc1ccccc1. The summed E-state index contributed by atoms with van der Waals surface area (Å²) in [6.45, 7) is 3.23. The second-order valence-corrected chi connectivity index (χ2v) is 7.60. The number of hydrogen-bond donors (Lipinski definition) is 0. The maximum absolute atomic E-state index is 13.0. The number of alkyl halides is 3. The molecule has 0 bridgehead atoms. The van der Waals surface area contributed by atoms with Crippen molar-refractivity contribution in [1.82, 2.24) is 9.47 Å². The van der Waals surface area contributed by atoms with E-state index in [4.69, 9.17) is 4.74 Å². The van der Waals surface area contributed by atoms with Crippen molar-refractivity contribution in [2.45, 2.75) is 39.0 Å². The summed E-state index contributed by atoms with van der Waals surface area (Å²) in [4.78, 5) is 14.6. The van der Waals surface area contributed by atoms with Gasteiger partial charge in [0.25, 0.3) is 5.91 Å². The molecule has 2 aromatic carbocycles. The van der Waals surface area contributed by atoms with Gasteiger partial charge in [-0.3, -0.25) is 4.79 Å². The molecule has 0 N–H and O–H groups in total. The van der Waals surface area contributed by atoms with Crippen LogP contribution in [0.15, 0.2) is 72.9 Å². The van der Waals surface area contributed by atoms with Crippen LogP contribution in [0, 0.1) is 0 Å². The topological polar surface area (TPSA) is 34.5 Å². The Bertz CT molecular complexity index is 1000. The van der Waals surface area contributed by atoms with Gasteiger partial charge in [0.1, 0.15) is 5.75 Å². The van der Waals surface area contributed by atoms with Crippen molar-refractivity contribution in [1.29, 1.82) is 0 Å².